The number of rotatable bonds is 11. The van der Waals surface area contributed by atoms with Gasteiger partial charge >= 0.3 is 5.97 Å². The fourth-order valence-corrected chi connectivity index (χ4v) is 5.55. The van der Waals surface area contributed by atoms with E-state index in [9.17, 15) is 9.59 Å². The maximum atomic E-state index is 15.9. The first kappa shape index (κ1) is 32.4. The standard InChI is InChI=1S/C29H26BrCl2FN2O5.C2H6/c1-2-39-25(36)15-38-16-28(9-10-28)17-40-29(18-3-5-20(31)6-4-18)26-23(11-19(30)12-24(26)33)27(37)35(29)14-22-8-7-21(32)13-34-22;1-2/h3-8,11-13H,2,9-10,14-17H2,1H3;1-2H3. The number of hydrogen-bond acceptors (Lipinski definition) is 6. The van der Waals surface area contributed by atoms with Gasteiger partial charge in [-0.2, -0.15) is 0 Å². The van der Waals surface area contributed by atoms with Crippen molar-refractivity contribution in [3.63, 3.8) is 0 Å². The van der Waals surface area contributed by atoms with E-state index in [1.807, 2.05) is 13.8 Å². The molecule has 1 atom stereocenters. The van der Waals surface area contributed by atoms with Crippen molar-refractivity contribution in [1.29, 1.82) is 0 Å². The Kier molecular flexibility index (Phi) is 10.6. The minimum atomic E-state index is -1.63. The van der Waals surface area contributed by atoms with Gasteiger partial charge in [0.15, 0.2) is 5.72 Å². The lowest BCUT2D eigenvalue weighted by atomic mass is 9.92. The summed E-state index contributed by atoms with van der Waals surface area (Å²) in [6.45, 7) is 6.25. The molecule has 2 aromatic carbocycles. The van der Waals surface area contributed by atoms with E-state index in [0.29, 0.717) is 25.8 Å². The highest BCUT2D eigenvalue weighted by Gasteiger charge is 2.56. The van der Waals surface area contributed by atoms with Gasteiger partial charge in [-0.05, 0) is 56.2 Å². The molecule has 224 valence electrons. The number of pyridine rings is 1. The predicted molar refractivity (Wildman–Crippen MR) is 162 cm³/mol. The van der Waals surface area contributed by atoms with Crippen LogP contribution in [0.3, 0.4) is 0 Å². The van der Waals surface area contributed by atoms with Crippen molar-refractivity contribution in [3.05, 3.63) is 97.4 Å². The van der Waals surface area contributed by atoms with Crippen LogP contribution in [0.2, 0.25) is 10.0 Å². The number of aromatic nitrogens is 1. The highest BCUT2D eigenvalue weighted by molar-refractivity contribution is 9.10. The Bertz CT molecular complexity index is 1420. The molecule has 1 aliphatic heterocycles. The molecule has 0 bridgehead atoms. The number of fused-ring (bicyclic) bond motifs is 1. The van der Waals surface area contributed by atoms with Crippen molar-refractivity contribution in [2.75, 3.05) is 26.4 Å². The number of esters is 1. The Morgan fingerprint density at radius 1 is 1.07 bits per heavy atom. The van der Waals surface area contributed by atoms with Crippen LogP contribution in [0.4, 0.5) is 4.39 Å². The van der Waals surface area contributed by atoms with E-state index in [2.05, 4.69) is 20.9 Å². The van der Waals surface area contributed by atoms with Crippen LogP contribution in [-0.2, 0) is 31.3 Å². The number of amides is 1. The van der Waals surface area contributed by atoms with E-state index in [0.717, 1.165) is 12.8 Å². The van der Waals surface area contributed by atoms with Gasteiger partial charge in [-0.15, -0.1) is 0 Å². The molecule has 7 nitrogen and oxygen atoms in total. The lowest BCUT2D eigenvalue weighted by Crippen LogP contribution is -2.48. The fraction of sp³-hybridized carbons (Fsp3) is 0.387. The summed E-state index contributed by atoms with van der Waals surface area (Å²) in [4.78, 5) is 31.6. The summed E-state index contributed by atoms with van der Waals surface area (Å²) in [5, 5.41) is 0.935. The second-order valence-corrected chi connectivity index (χ2v) is 11.7. The quantitative estimate of drug-likeness (QED) is 0.195. The number of carbonyl (C=O) groups excluding carboxylic acids is 2. The molecule has 1 aromatic heterocycles. The summed E-state index contributed by atoms with van der Waals surface area (Å²) >= 11 is 15.6. The zero-order chi connectivity index (χ0) is 30.5. The average Bonchev–Trinajstić information content (AvgIpc) is 3.70. The van der Waals surface area contributed by atoms with Gasteiger partial charge in [0.2, 0.25) is 0 Å². The molecule has 1 aliphatic carbocycles. The highest BCUT2D eigenvalue weighted by atomic mass is 79.9. The van der Waals surface area contributed by atoms with Gasteiger partial charge in [0.1, 0.15) is 12.4 Å². The smallest absolute Gasteiger partial charge is 0.332 e. The number of benzene rings is 2. The number of hydrogen-bond donors (Lipinski definition) is 0. The van der Waals surface area contributed by atoms with Crippen molar-refractivity contribution < 1.29 is 28.2 Å². The van der Waals surface area contributed by atoms with Gasteiger partial charge in [0.25, 0.3) is 5.91 Å². The molecular weight excluding hydrogens is 650 g/mol. The van der Waals surface area contributed by atoms with Crippen LogP contribution in [0.25, 0.3) is 0 Å². The summed E-state index contributed by atoms with van der Waals surface area (Å²) in [5.41, 5.74) is -0.652. The van der Waals surface area contributed by atoms with Crippen molar-refractivity contribution in [2.45, 2.75) is 45.9 Å². The van der Waals surface area contributed by atoms with Gasteiger partial charge in [-0.1, -0.05) is 65.1 Å². The summed E-state index contributed by atoms with van der Waals surface area (Å²) in [7, 11) is 0. The van der Waals surface area contributed by atoms with E-state index in [1.54, 1.807) is 49.4 Å². The molecule has 42 heavy (non-hydrogen) atoms. The molecule has 2 aliphatic rings. The molecule has 1 saturated carbocycles. The summed E-state index contributed by atoms with van der Waals surface area (Å²) in [5.74, 6) is -1.45. The van der Waals surface area contributed by atoms with Gasteiger partial charge in [0, 0.05) is 26.7 Å². The summed E-state index contributed by atoms with van der Waals surface area (Å²) in [6.07, 6.45) is 3.07. The van der Waals surface area contributed by atoms with Gasteiger partial charge in [-0.3, -0.25) is 14.7 Å². The lowest BCUT2D eigenvalue weighted by Gasteiger charge is -2.40. The molecule has 0 spiro atoms. The Labute approximate surface area is 263 Å². The second kappa shape index (κ2) is 13.8. The minimum Gasteiger partial charge on any atom is -0.464 e. The van der Waals surface area contributed by atoms with E-state index in [4.69, 9.17) is 37.4 Å². The normalized spacial score (nSPS) is 18.3. The van der Waals surface area contributed by atoms with Gasteiger partial charge in [-0.25, -0.2) is 9.18 Å². The largest absolute Gasteiger partial charge is 0.464 e. The van der Waals surface area contributed by atoms with Crippen LogP contribution >= 0.6 is 39.1 Å². The number of ether oxygens (including phenoxy) is 3. The van der Waals surface area contributed by atoms with Crippen molar-refractivity contribution in [2.24, 2.45) is 5.41 Å². The van der Waals surface area contributed by atoms with Crippen LogP contribution in [0.15, 0.2) is 59.2 Å². The maximum Gasteiger partial charge on any atom is 0.332 e. The van der Waals surface area contributed by atoms with Gasteiger partial charge < -0.3 is 14.2 Å². The monoisotopic (exact) mass is 680 g/mol. The molecule has 3 aromatic rings. The molecule has 1 unspecified atom stereocenters. The topological polar surface area (TPSA) is 78.0 Å². The second-order valence-electron chi connectivity index (χ2n) is 9.91. The average molecular weight is 682 g/mol. The fourth-order valence-electron chi connectivity index (χ4n) is 4.88. The lowest BCUT2D eigenvalue weighted by molar-refractivity contribution is -0.152. The van der Waals surface area contributed by atoms with Crippen LogP contribution in [0, 0.1) is 11.2 Å². The third-order valence-electron chi connectivity index (χ3n) is 7.07. The molecule has 1 fully saturated rings. The van der Waals surface area contributed by atoms with E-state index < -0.39 is 28.8 Å². The molecule has 0 saturated heterocycles. The van der Waals surface area contributed by atoms with Crippen LogP contribution in [0.5, 0.6) is 0 Å². The first-order valence-corrected chi connectivity index (χ1v) is 15.3. The Hall–Kier alpha value is -2.56. The van der Waals surface area contributed by atoms with Crippen molar-refractivity contribution >= 4 is 51.0 Å². The minimum absolute atomic E-state index is 0.0245. The molecule has 11 heteroatoms. The van der Waals surface area contributed by atoms with Crippen molar-refractivity contribution in [1.82, 2.24) is 9.88 Å². The third-order valence-corrected chi connectivity index (χ3v) is 8.01. The Morgan fingerprint density at radius 2 is 1.76 bits per heavy atom. The van der Waals surface area contributed by atoms with Crippen LogP contribution < -0.4 is 0 Å². The summed E-state index contributed by atoms with van der Waals surface area (Å²) < 4.78 is 33.7. The van der Waals surface area contributed by atoms with E-state index in [-0.39, 0.29) is 44.1 Å². The summed E-state index contributed by atoms with van der Waals surface area (Å²) in [6, 6.07) is 13.1. The molecule has 2 heterocycles. The molecule has 5 rings (SSSR count). The van der Waals surface area contributed by atoms with Gasteiger partial charge in [0.05, 0.1) is 48.2 Å². The molecule has 0 N–H and O–H groups in total. The van der Waals surface area contributed by atoms with Crippen molar-refractivity contribution in [3.8, 4) is 0 Å². The van der Waals surface area contributed by atoms with E-state index in [1.165, 1.54) is 17.2 Å². The van der Waals surface area contributed by atoms with Crippen LogP contribution in [-0.4, -0.2) is 48.2 Å². The number of halogens is 4. The number of nitrogens with zero attached hydrogens (tertiary/aromatic N) is 2. The Balaban J connectivity index is 0.00000198. The first-order chi connectivity index (χ1) is 20.2. The zero-order valence-electron chi connectivity index (χ0n) is 23.6. The maximum absolute atomic E-state index is 15.9. The first-order valence-electron chi connectivity index (χ1n) is 13.7. The Morgan fingerprint density at radius 3 is 2.38 bits per heavy atom. The SMILES string of the molecule is CC.CCOC(=O)COCC1(COC2(c3ccc(Cl)cc3)c3c(F)cc(Br)cc3C(=O)N2Cc2ccc(Cl)cn2)CC1. The molecule has 0 radical (unpaired) electrons. The number of carbonyl (C=O) groups is 2. The van der Waals surface area contributed by atoms with Crippen LogP contribution in [0.1, 0.15) is 60.8 Å². The molecule has 1 amide bonds. The third kappa shape index (κ3) is 6.81. The zero-order valence-corrected chi connectivity index (χ0v) is 26.7. The predicted octanol–water partition coefficient (Wildman–Crippen LogP) is 7.55. The highest BCUT2D eigenvalue weighted by Crippen LogP contribution is 2.52. The van der Waals surface area contributed by atoms with E-state index >= 15 is 4.39 Å². The molecular formula is C31H32BrCl2FN2O5.